The Labute approximate surface area is 110 Å². The van der Waals surface area contributed by atoms with Crippen molar-refractivity contribution in [2.45, 2.75) is 11.8 Å². The third kappa shape index (κ3) is 2.61. The fourth-order valence-corrected chi connectivity index (χ4v) is 2.20. The van der Waals surface area contributed by atoms with Gasteiger partial charge >= 0.3 is 0 Å². The van der Waals surface area contributed by atoms with Crippen molar-refractivity contribution >= 4 is 17.5 Å². The first-order chi connectivity index (χ1) is 8.72. The van der Waals surface area contributed by atoms with E-state index in [1.165, 1.54) is 0 Å². The van der Waals surface area contributed by atoms with Crippen molar-refractivity contribution in [1.29, 1.82) is 5.26 Å². The highest BCUT2D eigenvalue weighted by atomic mass is 32.2. The molecule has 0 heterocycles. The van der Waals surface area contributed by atoms with Gasteiger partial charge in [0.25, 0.3) is 0 Å². The van der Waals surface area contributed by atoms with Gasteiger partial charge in [0.15, 0.2) is 5.78 Å². The Kier molecular flexibility index (Phi) is 3.81. The predicted octanol–water partition coefficient (Wildman–Crippen LogP) is 3.80. The summed E-state index contributed by atoms with van der Waals surface area (Å²) < 4.78 is 0. The van der Waals surface area contributed by atoms with E-state index in [1.54, 1.807) is 12.1 Å². The third-order valence-corrected chi connectivity index (χ3v) is 3.24. The van der Waals surface area contributed by atoms with Crippen LogP contribution in [0.3, 0.4) is 0 Å². The molecule has 88 valence electrons. The molecule has 18 heavy (non-hydrogen) atoms. The van der Waals surface area contributed by atoms with Crippen LogP contribution in [0.2, 0.25) is 0 Å². The highest BCUT2D eigenvalue weighted by Crippen LogP contribution is 2.25. The van der Waals surface area contributed by atoms with E-state index in [4.69, 9.17) is 5.26 Å². The number of carbonyl (C=O) groups is 1. The van der Waals surface area contributed by atoms with Crippen LogP contribution in [0, 0.1) is 17.6 Å². The summed E-state index contributed by atoms with van der Waals surface area (Å²) in [6.45, 7) is 1.93. The first-order valence-electron chi connectivity index (χ1n) is 5.48. The zero-order valence-electron chi connectivity index (χ0n) is 9.88. The van der Waals surface area contributed by atoms with Crippen LogP contribution in [0.25, 0.3) is 0 Å². The van der Waals surface area contributed by atoms with E-state index < -0.39 is 0 Å². The highest BCUT2D eigenvalue weighted by Gasteiger charge is 2.13. The average Bonchev–Trinajstić information content (AvgIpc) is 2.41. The van der Waals surface area contributed by atoms with Crippen molar-refractivity contribution in [2.24, 2.45) is 0 Å². The third-order valence-electron chi connectivity index (χ3n) is 2.57. The Morgan fingerprint density at radius 2 is 1.89 bits per heavy atom. The topological polar surface area (TPSA) is 40.9 Å². The van der Waals surface area contributed by atoms with E-state index >= 15 is 0 Å². The molecule has 0 aliphatic heterocycles. The Hall–Kier alpha value is -2.05. The molecule has 2 rings (SSSR count). The number of ketones is 1. The van der Waals surface area contributed by atoms with Crippen LogP contribution in [-0.2, 0) is 0 Å². The van der Waals surface area contributed by atoms with Crippen molar-refractivity contribution in [2.75, 3.05) is 0 Å². The van der Waals surface area contributed by atoms with Crippen LogP contribution < -0.4 is 0 Å². The minimum atomic E-state index is -0.0444. The van der Waals surface area contributed by atoms with Gasteiger partial charge in [0.2, 0.25) is 0 Å². The van der Waals surface area contributed by atoms with E-state index in [9.17, 15) is 4.79 Å². The molecule has 0 spiro atoms. The standard InChI is InChI=1S/C15H11NOS/c1-11-7-8-14(18-10-16)13(9-11)15(17)12-5-3-2-4-6-12/h2-9H,1H3. The second-order valence-electron chi connectivity index (χ2n) is 3.89. The Morgan fingerprint density at radius 1 is 1.17 bits per heavy atom. The SMILES string of the molecule is Cc1ccc(SC#N)c(C(=O)c2ccccc2)c1. The lowest BCUT2D eigenvalue weighted by molar-refractivity contribution is 0.103. The minimum absolute atomic E-state index is 0.0444. The summed E-state index contributed by atoms with van der Waals surface area (Å²) >= 11 is 1.02. The first-order valence-corrected chi connectivity index (χ1v) is 6.30. The van der Waals surface area contributed by atoms with Crippen molar-refractivity contribution < 1.29 is 4.79 Å². The van der Waals surface area contributed by atoms with E-state index in [-0.39, 0.29) is 5.78 Å². The highest BCUT2D eigenvalue weighted by molar-refractivity contribution is 8.03. The molecule has 0 aromatic heterocycles. The summed E-state index contributed by atoms with van der Waals surface area (Å²) in [5.74, 6) is -0.0444. The van der Waals surface area contributed by atoms with Gasteiger partial charge in [0.05, 0.1) is 0 Å². The Bertz CT molecular complexity index is 614. The lowest BCUT2D eigenvalue weighted by atomic mass is 10.0. The zero-order chi connectivity index (χ0) is 13.0. The molecule has 2 nitrogen and oxygen atoms in total. The number of thiocyanates is 1. The Balaban J connectivity index is 2.47. The second-order valence-corrected chi connectivity index (χ2v) is 4.71. The molecule has 0 saturated carbocycles. The van der Waals surface area contributed by atoms with E-state index in [2.05, 4.69) is 0 Å². The minimum Gasteiger partial charge on any atom is -0.289 e. The van der Waals surface area contributed by atoms with Crippen LogP contribution in [0.15, 0.2) is 53.4 Å². The second kappa shape index (κ2) is 5.52. The summed E-state index contributed by atoms with van der Waals surface area (Å²) in [4.78, 5) is 13.1. The maximum Gasteiger partial charge on any atom is 0.194 e. The van der Waals surface area contributed by atoms with Crippen molar-refractivity contribution in [3.8, 4) is 5.40 Å². The van der Waals surface area contributed by atoms with Crippen molar-refractivity contribution in [1.82, 2.24) is 0 Å². The molecule has 0 atom stereocenters. The number of carbonyl (C=O) groups excluding carboxylic acids is 1. The summed E-state index contributed by atoms with van der Waals surface area (Å²) in [5, 5.41) is 10.8. The van der Waals surface area contributed by atoms with Gasteiger partial charge in [-0.15, -0.1) is 0 Å². The van der Waals surface area contributed by atoms with Crippen LogP contribution in [0.1, 0.15) is 21.5 Å². The maximum atomic E-state index is 12.4. The van der Waals surface area contributed by atoms with E-state index in [0.717, 1.165) is 17.3 Å². The number of hydrogen-bond acceptors (Lipinski definition) is 3. The maximum absolute atomic E-state index is 12.4. The van der Waals surface area contributed by atoms with Crippen LogP contribution >= 0.6 is 11.8 Å². The van der Waals surface area contributed by atoms with Gasteiger partial charge in [0.1, 0.15) is 5.40 Å². The molecule has 0 N–H and O–H groups in total. The number of thioether (sulfide) groups is 1. The molecule has 0 aliphatic carbocycles. The Morgan fingerprint density at radius 3 is 2.56 bits per heavy atom. The summed E-state index contributed by atoms with van der Waals surface area (Å²) in [6, 6.07) is 14.7. The van der Waals surface area contributed by atoms with Gasteiger partial charge in [-0.3, -0.25) is 4.79 Å². The van der Waals surface area contributed by atoms with Gasteiger partial charge in [-0.2, -0.15) is 5.26 Å². The molecule has 0 bridgehead atoms. The zero-order valence-corrected chi connectivity index (χ0v) is 10.7. The van der Waals surface area contributed by atoms with Crippen molar-refractivity contribution in [3.05, 3.63) is 65.2 Å². The molecule has 0 unspecified atom stereocenters. The molecule has 0 aliphatic rings. The van der Waals surface area contributed by atoms with Gasteiger partial charge in [-0.25, -0.2) is 0 Å². The van der Waals surface area contributed by atoms with Gasteiger partial charge in [-0.1, -0.05) is 42.0 Å². The fourth-order valence-electron chi connectivity index (χ4n) is 1.70. The molecule has 0 amide bonds. The molecular weight excluding hydrogens is 242 g/mol. The molecule has 2 aromatic rings. The molecule has 2 aromatic carbocycles. The molecule has 0 fully saturated rings. The number of aryl methyl sites for hydroxylation is 1. The predicted molar refractivity (Wildman–Crippen MR) is 72.5 cm³/mol. The first kappa shape index (κ1) is 12.4. The van der Waals surface area contributed by atoms with Gasteiger partial charge in [-0.05, 0) is 30.8 Å². The van der Waals surface area contributed by atoms with Crippen LogP contribution in [0.5, 0.6) is 0 Å². The van der Waals surface area contributed by atoms with Crippen molar-refractivity contribution in [3.63, 3.8) is 0 Å². The number of nitrogens with zero attached hydrogens (tertiary/aromatic N) is 1. The normalized spacial score (nSPS) is 9.78. The summed E-state index contributed by atoms with van der Waals surface area (Å²) in [5.41, 5.74) is 2.24. The lowest BCUT2D eigenvalue weighted by Crippen LogP contribution is -2.03. The largest absolute Gasteiger partial charge is 0.289 e. The van der Waals surface area contributed by atoms with E-state index in [0.29, 0.717) is 16.0 Å². The lowest BCUT2D eigenvalue weighted by Gasteiger charge is -2.06. The monoisotopic (exact) mass is 253 g/mol. The quantitative estimate of drug-likeness (QED) is 0.474. The molecular formula is C15H11NOS. The number of nitriles is 1. The van der Waals surface area contributed by atoms with Crippen LogP contribution in [-0.4, -0.2) is 5.78 Å². The van der Waals surface area contributed by atoms with Gasteiger partial charge in [0, 0.05) is 16.0 Å². The number of hydrogen-bond donors (Lipinski definition) is 0. The number of rotatable bonds is 3. The van der Waals surface area contributed by atoms with Gasteiger partial charge < -0.3 is 0 Å². The summed E-state index contributed by atoms with van der Waals surface area (Å²) in [7, 11) is 0. The van der Waals surface area contributed by atoms with E-state index in [1.807, 2.05) is 48.7 Å². The fraction of sp³-hybridized carbons (Fsp3) is 0.0667. The summed E-state index contributed by atoms with van der Waals surface area (Å²) in [6.07, 6.45) is 0. The van der Waals surface area contributed by atoms with Crippen LogP contribution in [0.4, 0.5) is 0 Å². The molecule has 3 heteroatoms. The molecule has 0 saturated heterocycles. The molecule has 0 radical (unpaired) electrons. The average molecular weight is 253 g/mol. The smallest absolute Gasteiger partial charge is 0.194 e. The number of benzene rings is 2.